The Bertz CT molecular complexity index is 819. The minimum atomic E-state index is -0.292. The molecule has 0 radical (unpaired) electrons. The normalized spacial score (nSPS) is 10.1. The molecule has 136 valence electrons. The minimum absolute atomic E-state index is 0.150. The molecule has 0 spiro atoms. The number of amides is 1. The van der Waals surface area contributed by atoms with Crippen LogP contribution in [0.5, 0.6) is 11.5 Å². The van der Waals surface area contributed by atoms with Gasteiger partial charge in [-0.3, -0.25) is 4.79 Å². The molecular formula is C19H18Cl2N2O3. The molecule has 0 heterocycles. The summed E-state index contributed by atoms with van der Waals surface area (Å²) in [7, 11) is 1.58. The van der Waals surface area contributed by atoms with E-state index >= 15 is 0 Å². The number of nitrogens with one attached hydrogen (secondary N) is 1. The first-order chi connectivity index (χ1) is 12.5. The van der Waals surface area contributed by atoms with E-state index in [4.69, 9.17) is 37.9 Å². The van der Waals surface area contributed by atoms with Gasteiger partial charge in [-0.15, -0.1) is 0 Å². The maximum Gasteiger partial charge on any atom is 0.234 e. The van der Waals surface area contributed by atoms with Gasteiger partial charge in [0, 0.05) is 12.6 Å². The van der Waals surface area contributed by atoms with Crippen molar-refractivity contribution < 1.29 is 14.3 Å². The van der Waals surface area contributed by atoms with Gasteiger partial charge in [0.1, 0.15) is 24.5 Å². The van der Waals surface area contributed by atoms with Crippen molar-refractivity contribution in [2.75, 3.05) is 13.7 Å². The molecule has 1 N–H and O–H groups in total. The summed E-state index contributed by atoms with van der Waals surface area (Å²) in [5, 5.41) is 12.2. The second-order valence-corrected chi connectivity index (χ2v) is 6.26. The molecule has 2 aromatic rings. The first-order valence-corrected chi connectivity index (χ1v) is 8.66. The van der Waals surface area contributed by atoms with Gasteiger partial charge in [0.2, 0.25) is 5.91 Å². The van der Waals surface area contributed by atoms with Crippen molar-refractivity contribution in [2.24, 2.45) is 0 Å². The lowest BCUT2D eigenvalue weighted by Crippen LogP contribution is -2.25. The molecule has 5 nitrogen and oxygen atoms in total. The molecule has 0 aliphatic heterocycles. The maximum absolute atomic E-state index is 11.4. The number of methoxy groups -OCH3 is 1. The van der Waals surface area contributed by atoms with E-state index in [0.29, 0.717) is 41.1 Å². The Morgan fingerprint density at radius 3 is 2.69 bits per heavy atom. The summed E-state index contributed by atoms with van der Waals surface area (Å²) >= 11 is 12.0. The van der Waals surface area contributed by atoms with Gasteiger partial charge >= 0.3 is 0 Å². The Hall–Kier alpha value is -2.42. The largest absolute Gasteiger partial charge is 0.497 e. The molecule has 0 atom stereocenters. The van der Waals surface area contributed by atoms with Crippen LogP contribution in [-0.4, -0.2) is 19.6 Å². The van der Waals surface area contributed by atoms with Gasteiger partial charge in [0.15, 0.2) is 0 Å². The molecule has 7 heteroatoms. The lowest BCUT2D eigenvalue weighted by Gasteiger charge is -2.14. The van der Waals surface area contributed by atoms with Gasteiger partial charge in [-0.1, -0.05) is 35.3 Å². The Balaban J connectivity index is 2.05. The zero-order valence-corrected chi connectivity index (χ0v) is 15.7. The van der Waals surface area contributed by atoms with Crippen molar-refractivity contribution in [1.29, 1.82) is 5.26 Å². The summed E-state index contributed by atoms with van der Waals surface area (Å²) in [4.78, 5) is 11.4. The topological polar surface area (TPSA) is 71.3 Å². The monoisotopic (exact) mass is 392 g/mol. The van der Waals surface area contributed by atoms with Crippen LogP contribution < -0.4 is 14.8 Å². The van der Waals surface area contributed by atoms with Gasteiger partial charge in [0.25, 0.3) is 0 Å². The highest BCUT2D eigenvalue weighted by Crippen LogP contribution is 2.27. The number of hydrogen-bond acceptors (Lipinski definition) is 4. The van der Waals surface area contributed by atoms with E-state index in [9.17, 15) is 4.79 Å². The van der Waals surface area contributed by atoms with Crippen LogP contribution in [0.3, 0.4) is 0 Å². The fraction of sp³-hybridized carbons (Fsp3) is 0.263. The smallest absolute Gasteiger partial charge is 0.234 e. The Morgan fingerprint density at radius 1 is 1.19 bits per heavy atom. The molecule has 2 aromatic carbocycles. The van der Waals surface area contributed by atoms with Gasteiger partial charge in [-0.2, -0.15) is 5.26 Å². The van der Waals surface area contributed by atoms with Crippen LogP contribution in [0.25, 0.3) is 0 Å². The summed E-state index contributed by atoms with van der Waals surface area (Å²) in [6.07, 6.45) is 0.418. The number of ether oxygens (including phenoxy) is 2. The van der Waals surface area contributed by atoms with Gasteiger partial charge < -0.3 is 14.8 Å². The lowest BCUT2D eigenvalue weighted by molar-refractivity contribution is -0.120. The quantitative estimate of drug-likeness (QED) is 0.731. The van der Waals surface area contributed by atoms with Crippen molar-refractivity contribution in [3.05, 3.63) is 57.6 Å². The fourth-order valence-corrected chi connectivity index (χ4v) is 2.58. The summed E-state index contributed by atoms with van der Waals surface area (Å²) in [5.74, 6) is 1.04. The molecule has 0 saturated heterocycles. The van der Waals surface area contributed by atoms with E-state index < -0.39 is 0 Å². The van der Waals surface area contributed by atoms with Gasteiger partial charge in [-0.05, 0) is 35.7 Å². The zero-order chi connectivity index (χ0) is 18.9. The number of benzene rings is 2. The van der Waals surface area contributed by atoms with E-state index in [-0.39, 0.29) is 12.3 Å². The number of nitrogens with zero attached hydrogens (tertiary/aromatic N) is 1. The molecule has 26 heavy (non-hydrogen) atoms. The van der Waals surface area contributed by atoms with Crippen LogP contribution in [0.1, 0.15) is 17.5 Å². The minimum Gasteiger partial charge on any atom is -0.497 e. The van der Waals surface area contributed by atoms with Crippen LogP contribution in [0, 0.1) is 11.3 Å². The van der Waals surface area contributed by atoms with Gasteiger partial charge in [0.05, 0.1) is 23.2 Å². The van der Waals surface area contributed by atoms with E-state index in [1.807, 2.05) is 24.3 Å². The molecule has 0 aliphatic rings. The van der Waals surface area contributed by atoms with Crippen LogP contribution in [0.15, 0.2) is 36.4 Å². The fourth-order valence-electron chi connectivity index (χ4n) is 2.26. The second kappa shape index (κ2) is 9.91. The van der Waals surface area contributed by atoms with E-state index in [1.165, 1.54) is 0 Å². The molecule has 0 fully saturated rings. The van der Waals surface area contributed by atoms with Crippen LogP contribution >= 0.6 is 23.2 Å². The number of rotatable bonds is 8. The Labute approximate surface area is 162 Å². The lowest BCUT2D eigenvalue weighted by atomic mass is 10.1. The van der Waals surface area contributed by atoms with E-state index in [0.717, 1.165) is 11.1 Å². The molecule has 0 aliphatic carbocycles. The van der Waals surface area contributed by atoms with E-state index in [2.05, 4.69) is 5.32 Å². The molecule has 2 rings (SSSR count). The van der Waals surface area contributed by atoms with Crippen LogP contribution in [0.2, 0.25) is 10.0 Å². The third kappa shape index (κ3) is 5.83. The van der Waals surface area contributed by atoms with Crippen LogP contribution in [-0.2, 0) is 17.8 Å². The predicted octanol–water partition coefficient (Wildman–Crippen LogP) is 4.15. The Morgan fingerprint density at radius 2 is 2.00 bits per heavy atom. The summed E-state index contributed by atoms with van der Waals surface area (Å²) in [6.45, 7) is 0.730. The standard InChI is InChI=1S/C19H18Cl2N2O3/c1-25-15-4-3-14(7-9-23-19(24)6-8-22)18(11-15)26-12-13-2-5-16(20)17(21)10-13/h2-5,10-11H,6-7,9,12H2,1H3,(H,23,24). The van der Waals surface area contributed by atoms with Crippen molar-refractivity contribution in [3.63, 3.8) is 0 Å². The highest BCUT2D eigenvalue weighted by molar-refractivity contribution is 6.42. The molecule has 0 unspecified atom stereocenters. The molecule has 0 bridgehead atoms. The Kier molecular flexibility index (Phi) is 7.58. The van der Waals surface area contributed by atoms with Crippen molar-refractivity contribution >= 4 is 29.1 Å². The van der Waals surface area contributed by atoms with Crippen molar-refractivity contribution in [1.82, 2.24) is 5.32 Å². The molecule has 1 amide bonds. The van der Waals surface area contributed by atoms with Gasteiger partial charge in [-0.25, -0.2) is 0 Å². The molecular weight excluding hydrogens is 375 g/mol. The van der Waals surface area contributed by atoms with E-state index in [1.54, 1.807) is 25.3 Å². The molecule has 0 aromatic heterocycles. The highest BCUT2D eigenvalue weighted by Gasteiger charge is 2.08. The average molecular weight is 393 g/mol. The average Bonchev–Trinajstić information content (AvgIpc) is 2.63. The zero-order valence-electron chi connectivity index (χ0n) is 14.2. The number of halogens is 2. The third-order valence-electron chi connectivity index (χ3n) is 3.61. The highest BCUT2D eigenvalue weighted by atomic mass is 35.5. The number of carbonyl (C=O) groups is 1. The molecule has 0 saturated carbocycles. The summed E-state index contributed by atoms with van der Waals surface area (Å²) < 4.78 is 11.2. The summed E-state index contributed by atoms with van der Waals surface area (Å²) in [5.41, 5.74) is 1.80. The second-order valence-electron chi connectivity index (χ2n) is 5.45. The predicted molar refractivity (Wildman–Crippen MR) is 101 cm³/mol. The number of nitriles is 1. The first-order valence-electron chi connectivity index (χ1n) is 7.90. The summed E-state index contributed by atoms with van der Waals surface area (Å²) in [6, 6.07) is 12.7. The first kappa shape index (κ1) is 19.9. The van der Waals surface area contributed by atoms with Crippen LogP contribution in [0.4, 0.5) is 0 Å². The van der Waals surface area contributed by atoms with Crippen molar-refractivity contribution in [2.45, 2.75) is 19.4 Å². The maximum atomic E-state index is 11.4. The third-order valence-corrected chi connectivity index (χ3v) is 4.35. The SMILES string of the molecule is COc1ccc(CCNC(=O)CC#N)c(OCc2ccc(Cl)c(Cl)c2)c1. The number of carbonyl (C=O) groups excluding carboxylic acids is 1. The van der Waals surface area contributed by atoms with Crippen molar-refractivity contribution in [3.8, 4) is 17.6 Å². The number of hydrogen-bond donors (Lipinski definition) is 1.